The van der Waals surface area contributed by atoms with Crippen LogP contribution in [-0.4, -0.2) is 45.7 Å². The van der Waals surface area contributed by atoms with Crippen molar-refractivity contribution in [3.63, 3.8) is 0 Å². The van der Waals surface area contributed by atoms with Crippen LogP contribution in [0.3, 0.4) is 0 Å². The number of hydrogen-bond donors (Lipinski definition) is 3. The second kappa shape index (κ2) is 6.11. The topological polar surface area (TPSA) is 94.8 Å². The molecule has 4 aliphatic rings. The predicted molar refractivity (Wildman–Crippen MR) is 95.1 cm³/mol. The second-order valence-corrected chi connectivity index (χ2v) is 10.0. The number of aliphatic hydroxyl groups excluding tert-OH is 3. The van der Waals surface area contributed by atoms with E-state index in [-0.39, 0.29) is 40.8 Å². The van der Waals surface area contributed by atoms with Gasteiger partial charge in [0, 0.05) is 18.3 Å². The molecule has 4 rings (SSSR count). The van der Waals surface area contributed by atoms with Crippen molar-refractivity contribution in [2.75, 3.05) is 6.61 Å². The molecule has 26 heavy (non-hydrogen) atoms. The SMILES string of the molecule is CC12CCC(O)CC1CCC1C2C(=O)CC2(C)C(C(=O)CO)CC(O)C12. The first-order chi connectivity index (χ1) is 12.2. The molecule has 4 fully saturated rings. The summed E-state index contributed by atoms with van der Waals surface area (Å²) >= 11 is 0. The fourth-order valence-corrected chi connectivity index (χ4v) is 7.74. The highest BCUT2D eigenvalue weighted by molar-refractivity contribution is 5.88. The Morgan fingerprint density at radius 1 is 1.12 bits per heavy atom. The number of carbonyl (C=O) groups excluding carboxylic acids is 2. The molecule has 4 aliphatic carbocycles. The molecule has 0 amide bonds. The summed E-state index contributed by atoms with van der Waals surface area (Å²) in [4.78, 5) is 25.7. The van der Waals surface area contributed by atoms with Crippen LogP contribution < -0.4 is 0 Å². The summed E-state index contributed by atoms with van der Waals surface area (Å²) in [7, 11) is 0. The minimum absolute atomic E-state index is 0.0460. The third-order valence-corrected chi connectivity index (χ3v) is 8.85. The molecule has 9 atom stereocenters. The molecule has 0 aromatic rings. The fourth-order valence-electron chi connectivity index (χ4n) is 7.74. The minimum atomic E-state index is -0.574. The van der Waals surface area contributed by atoms with E-state index in [1.807, 2.05) is 6.92 Å². The smallest absolute Gasteiger partial charge is 0.161 e. The van der Waals surface area contributed by atoms with Crippen molar-refractivity contribution >= 4 is 11.6 Å². The lowest BCUT2D eigenvalue weighted by molar-refractivity contribution is -0.167. The van der Waals surface area contributed by atoms with Crippen molar-refractivity contribution in [1.82, 2.24) is 0 Å². The van der Waals surface area contributed by atoms with E-state index in [0.29, 0.717) is 18.8 Å². The summed E-state index contributed by atoms with van der Waals surface area (Å²) in [6, 6.07) is 0. The molecular formula is C21H32O5. The van der Waals surface area contributed by atoms with Crippen molar-refractivity contribution in [3.05, 3.63) is 0 Å². The highest BCUT2D eigenvalue weighted by Crippen LogP contribution is 2.66. The molecule has 4 saturated carbocycles. The molecular weight excluding hydrogens is 332 g/mol. The molecule has 5 heteroatoms. The molecule has 9 unspecified atom stereocenters. The highest BCUT2D eigenvalue weighted by atomic mass is 16.3. The average molecular weight is 364 g/mol. The van der Waals surface area contributed by atoms with E-state index in [1.165, 1.54) is 0 Å². The van der Waals surface area contributed by atoms with E-state index in [2.05, 4.69) is 6.92 Å². The maximum atomic E-state index is 13.4. The quantitative estimate of drug-likeness (QED) is 0.693. The summed E-state index contributed by atoms with van der Waals surface area (Å²) in [5.41, 5.74) is -0.631. The summed E-state index contributed by atoms with van der Waals surface area (Å²) in [5, 5.41) is 30.3. The molecule has 0 aliphatic heterocycles. The summed E-state index contributed by atoms with van der Waals surface area (Å²) < 4.78 is 0. The van der Waals surface area contributed by atoms with Gasteiger partial charge in [-0.1, -0.05) is 13.8 Å². The maximum absolute atomic E-state index is 13.4. The van der Waals surface area contributed by atoms with Crippen molar-refractivity contribution in [3.8, 4) is 0 Å². The second-order valence-electron chi connectivity index (χ2n) is 10.0. The molecule has 3 N–H and O–H groups in total. The van der Waals surface area contributed by atoms with E-state index in [0.717, 1.165) is 32.1 Å². The first-order valence-corrected chi connectivity index (χ1v) is 10.2. The fraction of sp³-hybridized carbons (Fsp3) is 0.905. The van der Waals surface area contributed by atoms with Gasteiger partial charge in [-0.15, -0.1) is 0 Å². The van der Waals surface area contributed by atoms with Crippen LogP contribution in [0.2, 0.25) is 0 Å². The Hall–Kier alpha value is -0.780. The van der Waals surface area contributed by atoms with Crippen LogP contribution in [0.5, 0.6) is 0 Å². The van der Waals surface area contributed by atoms with Crippen molar-refractivity contribution < 1.29 is 24.9 Å². The Morgan fingerprint density at radius 3 is 2.54 bits per heavy atom. The van der Waals surface area contributed by atoms with Crippen LogP contribution in [0.15, 0.2) is 0 Å². The van der Waals surface area contributed by atoms with E-state index >= 15 is 0 Å². The van der Waals surface area contributed by atoms with Gasteiger partial charge in [-0.25, -0.2) is 0 Å². The Balaban J connectivity index is 1.70. The first-order valence-electron chi connectivity index (χ1n) is 10.2. The van der Waals surface area contributed by atoms with Gasteiger partial charge in [0.25, 0.3) is 0 Å². The number of aliphatic hydroxyl groups is 3. The molecule has 0 aromatic heterocycles. The molecule has 5 nitrogen and oxygen atoms in total. The largest absolute Gasteiger partial charge is 0.393 e. The first kappa shape index (κ1) is 18.6. The molecule has 0 saturated heterocycles. The lowest BCUT2D eigenvalue weighted by Crippen LogP contribution is -2.59. The van der Waals surface area contributed by atoms with Gasteiger partial charge in [-0.3, -0.25) is 9.59 Å². The predicted octanol–water partition coefficient (Wildman–Crippen LogP) is 1.72. The zero-order chi connectivity index (χ0) is 18.9. The normalized spacial score (nSPS) is 53.6. The van der Waals surface area contributed by atoms with Crippen LogP contribution in [0.25, 0.3) is 0 Å². The van der Waals surface area contributed by atoms with Gasteiger partial charge in [0.1, 0.15) is 12.4 Å². The van der Waals surface area contributed by atoms with Gasteiger partial charge in [-0.05, 0) is 67.1 Å². The zero-order valence-corrected chi connectivity index (χ0v) is 15.9. The van der Waals surface area contributed by atoms with E-state index in [4.69, 9.17) is 0 Å². The van der Waals surface area contributed by atoms with Gasteiger partial charge in [0.05, 0.1) is 12.2 Å². The van der Waals surface area contributed by atoms with Gasteiger partial charge >= 0.3 is 0 Å². The van der Waals surface area contributed by atoms with Crippen LogP contribution >= 0.6 is 0 Å². The van der Waals surface area contributed by atoms with Crippen LogP contribution in [0.4, 0.5) is 0 Å². The van der Waals surface area contributed by atoms with Gasteiger partial charge < -0.3 is 15.3 Å². The monoisotopic (exact) mass is 364 g/mol. The van der Waals surface area contributed by atoms with Crippen LogP contribution in [-0.2, 0) is 9.59 Å². The molecule has 0 bridgehead atoms. The Labute approximate surface area is 155 Å². The number of rotatable bonds is 2. The number of hydrogen-bond acceptors (Lipinski definition) is 5. The summed E-state index contributed by atoms with van der Waals surface area (Å²) in [6.45, 7) is 3.69. The maximum Gasteiger partial charge on any atom is 0.161 e. The standard InChI is InChI=1S/C21H32O5/c1-20-6-5-12(23)7-11(20)3-4-13-18-15(24)8-14(17(26)10-22)21(18,2)9-16(25)19(13)20/h11-15,18-19,22-24H,3-10H2,1-2H3. The third kappa shape index (κ3) is 2.39. The Kier molecular flexibility index (Phi) is 4.37. The van der Waals surface area contributed by atoms with E-state index < -0.39 is 24.0 Å². The minimum Gasteiger partial charge on any atom is -0.393 e. The van der Waals surface area contributed by atoms with Crippen LogP contribution in [0, 0.1) is 40.4 Å². The molecule has 0 aromatic carbocycles. The van der Waals surface area contributed by atoms with Crippen molar-refractivity contribution in [2.24, 2.45) is 40.4 Å². The third-order valence-electron chi connectivity index (χ3n) is 8.85. The Morgan fingerprint density at radius 2 is 1.85 bits per heavy atom. The number of Topliss-reactive ketones (excluding diaryl/α,β-unsaturated/α-hetero) is 2. The molecule has 0 radical (unpaired) electrons. The number of ketones is 2. The van der Waals surface area contributed by atoms with Gasteiger partial charge in [0.15, 0.2) is 5.78 Å². The van der Waals surface area contributed by atoms with E-state index in [9.17, 15) is 24.9 Å². The van der Waals surface area contributed by atoms with E-state index in [1.54, 1.807) is 0 Å². The average Bonchev–Trinajstić information content (AvgIpc) is 2.85. The molecule has 0 heterocycles. The summed E-state index contributed by atoms with van der Waals surface area (Å²) in [5.74, 6) is -0.0440. The molecule has 0 spiro atoms. The molecule has 146 valence electrons. The van der Waals surface area contributed by atoms with Crippen molar-refractivity contribution in [1.29, 1.82) is 0 Å². The Bertz CT molecular complexity index is 618. The zero-order valence-electron chi connectivity index (χ0n) is 15.9. The lowest BCUT2D eigenvalue weighted by atomic mass is 9.44. The van der Waals surface area contributed by atoms with Crippen LogP contribution in [0.1, 0.15) is 58.8 Å². The number of fused-ring (bicyclic) bond motifs is 5. The van der Waals surface area contributed by atoms with Crippen molar-refractivity contribution in [2.45, 2.75) is 71.0 Å². The van der Waals surface area contributed by atoms with Gasteiger partial charge in [0.2, 0.25) is 0 Å². The summed E-state index contributed by atoms with van der Waals surface area (Å²) in [6.07, 6.45) is 4.15. The highest BCUT2D eigenvalue weighted by Gasteiger charge is 2.66. The number of carbonyl (C=O) groups is 2. The lowest BCUT2D eigenvalue weighted by Gasteiger charge is -2.60. The van der Waals surface area contributed by atoms with Gasteiger partial charge in [-0.2, -0.15) is 0 Å².